The molecular formula is C17H18N4O3S. The van der Waals surface area contributed by atoms with Crippen molar-refractivity contribution in [3.8, 4) is 11.5 Å². The molecular weight excluding hydrogens is 340 g/mol. The molecule has 0 radical (unpaired) electrons. The molecule has 130 valence electrons. The summed E-state index contributed by atoms with van der Waals surface area (Å²) in [5, 5.41) is 4.13. The predicted molar refractivity (Wildman–Crippen MR) is 94.3 cm³/mol. The van der Waals surface area contributed by atoms with Gasteiger partial charge in [-0.15, -0.1) is 0 Å². The lowest BCUT2D eigenvalue weighted by Gasteiger charge is -2.18. The van der Waals surface area contributed by atoms with Gasteiger partial charge in [-0.3, -0.25) is 9.48 Å². The topological polar surface area (TPSA) is 70.6 Å². The monoisotopic (exact) mass is 358 g/mol. The van der Waals surface area contributed by atoms with Crippen LogP contribution in [0.4, 0.5) is 0 Å². The molecule has 8 heteroatoms. The quantitative estimate of drug-likeness (QED) is 0.721. The molecule has 0 fully saturated rings. The van der Waals surface area contributed by atoms with Crippen molar-refractivity contribution in [2.75, 3.05) is 13.2 Å². The molecule has 0 spiro atoms. The van der Waals surface area contributed by atoms with Gasteiger partial charge in [-0.25, -0.2) is 0 Å². The van der Waals surface area contributed by atoms with Crippen LogP contribution in [0, 0.1) is 0 Å². The highest BCUT2D eigenvalue weighted by atomic mass is 32.1. The lowest BCUT2D eigenvalue weighted by molar-refractivity contribution is 0.0987. The van der Waals surface area contributed by atoms with Crippen LogP contribution in [0.1, 0.15) is 24.3 Å². The molecule has 0 aliphatic carbocycles. The van der Waals surface area contributed by atoms with Gasteiger partial charge in [0.05, 0.1) is 10.2 Å². The van der Waals surface area contributed by atoms with Crippen LogP contribution < -0.4 is 14.3 Å². The van der Waals surface area contributed by atoms with E-state index in [2.05, 4.69) is 10.1 Å². The van der Waals surface area contributed by atoms with Crippen LogP contribution >= 0.6 is 11.3 Å². The third-order valence-corrected chi connectivity index (χ3v) is 5.14. The molecule has 0 atom stereocenters. The van der Waals surface area contributed by atoms with Gasteiger partial charge in [0, 0.05) is 31.4 Å². The molecule has 0 saturated heterocycles. The van der Waals surface area contributed by atoms with Crippen molar-refractivity contribution in [2.45, 2.75) is 26.9 Å². The number of carbonyl (C=O) groups excluding carboxylic acids is 1. The van der Waals surface area contributed by atoms with Gasteiger partial charge >= 0.3 is 0 Å². The molecule has 3 aromatic rings. The lowest BCUT2D eigenvalue weighted by Crippen LogP contribution is -2.18. The van der Waals surface area contributed by atoms with Crippen molar-refractivity contribution in [3.63, 3.8) is 0 Å². The van der Waals surface area contributed by atoms with Crippen LogP contribution in [0.3, 0.4) is 0 Å². The summed E-state index contributed by atoms with van der Waals surface area (Å²) in [7, 11) is 0. The van der Waals surface area contributed by atoms with E-state index in [1.807, 2.05) is 30.5 Å². The minimum Gasteiger partial charge on any atom is -0.486 e. The van der Waals surface area contributed by atoms with Crippen molar-refractivity contribution in [1.29, 1.82) is 0 Å². The van der Waals surface area contributed by atoms with Gasteiger partial charge in [0.25, 0.3) is 5.91 Å². The van der Waals surface area contributed by atoms with Gasteiger partial charge in [0.15, 0.2) is 16.3 Å². The summed E-state index contributed by atoms with van der Waals surface area (Å²) in [5.74, 6) is 1.19. The van der Waals surface area contributed by atoms with E-state index in [1.165, 1.54) is 11.3 Å². The van der Waals surface area contributed by atoms with Crippen LogP contribution in [0.15, 0.2) is 29.4 Å². The van der Waals surface area contributed by atoms with Crippen LogP contribution in [-0.4, -0.2) is 33.5 Å². The Morgan fingerprint density at radius 1 is 1.24 bits per heavy atom. The number of aromatic nitrogens is 3. The van der Waals surface area contributed by atoms with Crippen molar-refractivity contribution in [2.24, 2.45) is 4.99 Å². The first-order valence-corrected chi connectivity index (χ1v) is 9.06. The number of nitrogens with zero attached hydrogens (tertiary/aromatic N) is 4. The Morgan fingerprint density at radius 2 is 2.00 bits per heavy atom. The molecule has 0 bridgehead atoms. The van der Waals surface area contributed by atoms with Crippen LogP contribution in [0.2, 0.25) is 0 Å². The maximum atomic E-state index is 12.6. The van der Waals surface area contributed by atoms with Crippen molar-refractivity contribution >= 4 is 27.5 Å². The highest BCUT2D eigenvalue weighted by Crippen LogP contribution is 2.35. The fourth-order valence-corrected chi connectivity index (χ4v) is 4.01. The van der Waals surface area contributed by atoms with E-state index < -0.39 is 0 Å². The van der Waals surface area contributed by atoms with Crippen molar-refractivity contribution in [3.05, 3.63) is 34.9 Å². The molecule has 1 aliphatic rings. The third kappa shape index (κ3) is 2.72. The van der Waals surface area contributed by atoms with E-state index in [1.54, 1.807) is 16.9 Å². The molecule has 0 N–H and O–H groups in total. The fraction of sp³-hybridized carbons (Fsp3) is 0.353. The standard InChI is InChI=1S/C17H18N4O3S/c1-3-20-12-9-13-14(24-8-7-23-13)10-15(12)25-17(20)19-16(22)11-5-6-18-21(11)4-2/h5-6,9-10H,3-4,7-8H2,1-2H3. The summed E-state index contributed by atoms with van der Waals surface area (Å²) in [4.78, 5) is 17.6. The Labute approximate surface area is 148 Å². The molecule has 1 aromatic carbocycles. The molecule has 7 nitrogen and oxygen atoms in total. The molecule has 25 heavy (non-hydrogen) atoms. The highest BCUT2D eigenvalue weighted by Gasteiger charge is 2.17. The minimum atomic E-state index is -0.287. The Morgan fingerprint density at radius 3 is 2.72 bits per heavy atom. The second kappa shape index (κ2) is 6.36. The molecule has 1 amide bonds. The van der Waals surface area contributed by atoms with Gasteiger partial charge in [0.2, 0.25) is 0 Å². The number of hydrogen-bond acceptors (Lipinski definition) is 5. The van der Waals surface area contributed by atoms with Gasteiger partial charge in [-0.1, -0.05) is 11.3 Å². The SMILES string of the molecule is CCn1nccc1C(=O)N=c1sc2cc3c(cc2n1CC)OCCO3. The van der Waals surface area contributed by atoms with Crippen LogP contribution in [0.25, 0.3) is 10.2 Å². The molecule has 0 unspecified atom stereocenters. The number of thiazole rings is 1. The number of rotatable bonds is 3. The second-order valence-corrected chi connectivity index (χ2v) is 6.55. The number of amides is 1. The van der Waals surface area contributed by atoms with E-state index in [9.17, 15) is 4.79 Å². The Kier molecular flexibility index (Phi) is 4.04. The van der Waals surface area contributed by atoms with E-state index in [0.717, 1.165) is 21.7 Å². The Balaban J connectivity index is 1.85. The zero-order valence-corrected chi connectivity index (χ0v) is 14.9. The van der Waals surface area contributed by atoms with Crippen LogP contribution in [0.5, 0.6) is 11.5 Å². The smallest absolute Gasteiger partial charge is 0.297 e. The average molecular weight is 358 g/mol. The van der Waals surface area contributed by atoms with Gasteiger partial charge < -0.3 is 14.0 Å². The zero-order valence-electron chi connectivity index (χ0n) is 14.1. The summed E-state index contributed by atoms with van der Waals surface area (Å²) in [6.45, 7) is 6.41. The second-order valence-electron chi connectivity index (χ2n) is 5.54. The Bertz CT molecular complexity index is 1010. The summed E-state index contributed by atoms with van der Waals surface area (Å²) in [6.07, 6.45) is 1.62. The van der Waals surface area contributed by atoms with Crippen LogP contribution in [-0.2, 0) is 13.1 Å². The van der Waals surface area contributed by atoms with E-state index in [-0.39, 0.29) is 5.91 Å². The molecule has 0 saturated carbocycles. The summed E-state index contributed by atoms with van der Waals surface area (Å²) in [6, 6.07) is 5.61. The molecule has 2 aromatic heterocycles. The summed E-state index contributed by atoms with van der Waals surface area (Å²) >= 11 is 1.47. The predicted octanol–water partition coefficient (Wildman–Crippen LogP) is 2.45. The first kappa shape index (κ1) is 15.9. The Hall–Kier alpha value is -2.61. The highest BCUT2D eigenvalue weighted by molar-refractivity contribution is 7.16. The van der Waals surface area contributed by atoms with E-state index >= 15 is 0 Å². The fourth-order valence-electron chi connectivity index (χ4n) is 2.91. The first-order chi connectivity index (χ1) is 12.2. The lowest BCUT2D eigenvalue weighted by atomic mass is 10.2. The zero-order chi connectivity index (χ0) is 17.4. The molecule has 1 aliphatic heterocycles. The number of benzene rings is 1. The first-order valence-electron chi connectivity index (χ1n) is 8.25. The average Bonchev–Trinajstić information content (AvgIpc) is 3.23. The maximum Gasteiger partial charge on any atom is 0.297 e. The largest absolute Gasteiger partial charge is 0.486 e. The van der Waals surface area contributed by atoms with E-state index in [4.69, 9.17) is 9.47 Å². The van der Waals surface area contributed by atoms with Gasteiger partial charge in [-0.05, 0) is 19.9 Å². The summed E-state index contributed by atoms with van der Waals surface area (Å²) < 4.78 is 16.0. The third-order valence-electron chi connectivity index (χ3n) is 4.10. The maximum absolute atomic E-state index is 12.6. The number of ether oxygens (including phenoxy) is 2. The molecule has 4 rings (SSSR count). The van der Waals surface area contributed by atoms with Crippen molar-refractivity contribution in [1.82, 2.24) is 14.3 Å². The van der Waals surface area contributed by atoms with Gasteiger partial charge in [0.1, 0.15) is 18.9 Å². The minimum absolute atomic E-state index is 0.287. The van der Waals surface area contributed by atoms with E-state index in [0.29, 0.717) is 36.8 Å². The molecule has 3 heterocycles. The van der Waals surface area contributed by atoms with Gasteiger partial charge in [-0.2, -0.15) is 10.1 Å². The number of carbonyl (C=O) groups is 1. The normalized spacial score (nSPS) is 14.2. The number of hydrogen-bond donors (Lipinski definition) is 0. The number of fused-ring (bicyclic) bond motifs is 2. The number of aryl methyl sites for hydroxylation is 2. The summed E-state index contributed by atoms with van der Waals surface area (Å²) in [5.41, 5.74) is 1.49. The van der Waals surface area contributed by atoms with Crippen molar-refractivity contribution < 1.29 is 14.3 Å².